The van der Waals surface area contributed by atoms with E-state index in [1.807, 2.05) is 12.1 Å². The van der Waals surface area contributed by atoms with Crippen LogP contribution in [0.3, 0.4) is 0 Å². The van der Waals surface area contributed by atoms with Gasteiger partial charge in [-0.2, -0.15) is 0 Å². The summed E-state index contributed by atoms with van der Waals surface area (Å²) < 4.78 is 1.69. The van der Waals surface area contributed by atoms with Gasteiger partial charge in [-0.25, -0.2) is 20.7 Å². The highest BCUT2D eigenvalue weighted by molar-refractivity contribution is 7.99. The second-order valence-corrected chi connectivity index (χ2v) is 5.01. The predicted octanol–water partition coefficient (Wildman–Crippen LogP) is 0.738. The molecule has 2 aromatic heterocycles. The molecule has 1 fully saturated rings. The number of anilines is 1. The zero-order chi connectivity index (χ0) is 12.5. The fourth-order valence-electron chi connectivity index (χ4n) is 1.66. The van der Waals surface area contributed by atoms with E-state index in [-0.39, 0.29) is 11.7 Å². The molecule has 0 saturated heterocycles. The van der Waals surface area contributed by atoms with Crippen LogP contribution < -0.4 is 17.0 Å². The molecular formula is C10H12N6OS. The van der Waals surface area contributed by atoms with Gasteiger partial charge in [0.25, 0.3) is 0 Å². The largest absolute Gasteiger partial charge is 0.344 e. The molecule has 3 rings (SSSR count). The first kappa shape index (κ1) is 11.3. The van der Waals surface area contributed by atoms with Gasteiger partial charge in [-0.15, -0.1) is 5.10 Å². The summed E-state index contributed by atoms with van der Waals surface area (Å²) in [5.41, 5.74) is 2.33. The molecule has 0 aromatic carbocycles. The van der Waals surface area contributed by atoms with Crippen LogP contribution in [0.2, 0.25) is 0 Å². The highest BCUT2D eigenvalue weighted by atomic mass is 32.2. The van der Waals surface area contributed by atoms with Crippen molar-refractivity contribution >= 4 is 17.6 Å². The van der Waals surface area contributed by atoms with Gasteiger partial charge in [0.05, 0.1) is 0 Å². The number of hydrogen-bond donors (Lipinski definition) is 3. The van der Waals surface area contributed by atoms with Crippen LogP contribution in [-0.2, 0) is 0 Å². The fraction of sp³-hybridized carbons (Fsp3) is 0.300. The van der Waals surface area contributed by atoms with Crippen molar-refractivity contribution in [3.05, 3.63) is 28.7 Å². The minimum atomic E-state index is -0.159. The van der Waals surface area contributed by atoms with E-state index in [0.717, 1.165) is 17.9 Å². The first-order valence-electron chi connectivity index (χ1n) is 5.56. The Morgan fingerprint density at radius 2 is 2.33 bits per heavy atom. The van der Waals surface area contributed by atoms with Crippen molar-refractivity contribution in [3.63, 3.8) is 0 Å². The van der Waals surface area contributed by atoms with Crippen LogP contribution in [-0.4, -0.2) is 19.7 Å². The summed E-state index contributed by atoms with van der Waals surface area (Å²) in [7, 11) is 0. The van der Waals surface area contributed by atoms with Gasteiger partial charge in [0.1, 0.15) is 10.8 Å². The molecule has 94 valence electrons. The van der Waals surface area contributed by atoms with Gasteiger partial charge in [-0.1, -0.05) is 6.07 Å². The standard InChI is InChI=1S/C10H12N6OS/c11-13-7-2-1-3-8(12-7)18-10-15-14-9(17)16(10)6-4-5-6/h1-3,6H,4-5,11H2,(H,12,13)(H,14,17). The van der Waals surface area contributed by atoms with Crippen LogP contribution in [0.4, 0.5) is 5.82 Å². The Labute approximate surface area is 107 Å². The molecule has 0 unspecified atom stereocenters. The summed E-state index contributed by atoms with van der Waals surface area (Å²) in [6.45, 7) is 0. The van der Waals surface area contributed by atoms with Crippen LogP contribution in [0.5, 0.6) is 0 Å². The average molecular weight is 264 g/mol. The summed E-state index contributed by atoms with van der Waals surface area (Å²) >= 11 is 1.35. The molecule has 8 heteroatoms. The van der Waals surface area contributed by atoms with Gasteiger partial charge in [0, 0.05) is 6.04 Å². The van der Waals surface area contributed by atoms with Gasteiger partial charge in [-0.05, 0) is 36.7 Å². The number of rotatable bonds is 4. The lowest BCUT2D eigenvalue weighted by atomic mass is 10.5. The van der Waals surface area contributed by atoms with Crippen molar-refractivity contribution in [1.82, 2.24) is 19.7 Å². The lowest BCUT2D eigenvalue weighted by molar-refractivity contribution is 0.642. The summed E-state index contributed by atoms with van der Waals surface area (Å²) in [6.07, 6.45) is 2.07. The Morgan fingerprint density at radius 1 is 1.50 bits per heavy atom. The zero-order valence-corrected chi connectivity index (χ0v) is 10.3. The third kappa shape index (κ3) is 2.12. The quantitative estimate of drug-likeness (QED) is 0.556. The molecule has 18 heavy (non-hydrogen) atoms. The van der Waals surface area contributed by atoms with E-state index in [2.05, 4.69) is 20.6 Å². The average Bonchev–Trinajstić information content (AvgIpc) is 3.15. The molecule has 0 aliphatic heterocycles. The van der Waals surface area contributed by atoms with E-state index < -0.39 is 0 Å². The number of pyridine rings is 1. The summed E-state index contributed by atoms with van der Waals surface area (Å²) in [5.74, 6) is 5.89. The van der Waals surface area contributed by atoms with E-state index in [9.17, 15) is 4.79 Å². The SMILES string of the molecule is NNc1cccc(Sc2n[nH]c(=O)n2C2CC2)n1. The van der Waals surface area contributed by atoms with Gasteiger partial charge < -0.3 is 5.43 Å². The number of aromatic nitrogens is 4. The molecule has 1 aliphatic carbocycles. The van der Waals surface area contributed by atoms with Crippen molar-refractivity contribution in [3.8, 4) is 0 Å². The lowest BCUT2D eigenvalue weighted by Crippen LogP contribution is -2.16. The summed E-state index contributed by atoms with van der Waals surface area (Å²) in [6, 6.07) is 5.75. The molecule has 0 amide bonds. The molecule has 0 radical (unpaired) electrons. The maximum atomic E-state index is 11.6. The second kappa shape index (κ2) is 4.46. The Balaban J connectivity index is 1.89. The molecule has 0 atom stereocenters. The molecule has 2 heterocycles. The molecule has 0 bridgehead atoms. The number of nitrogens with zero attached hydrogens (tertiary/aromatic N) is 3. The van der Waals surface area contributed by atoms with E-state index in [1.54, 1.807) is 10.6 Å². The number of nitrogens with one attached hydrogen (secondary N) is 2. The van der Waals surface area contributed by atoms with Crippen LogP contribution in [0.15, 0.2) is 33.2 Å². The van der Waals surface area contributed by atoms with Crippen molar-refractivity contribution in [2.24, 2.45) is 5.84 Å². The maximum absolute atomic E-state index is 11.6. The molecule has 2 aromatic rings. The van der Waals surface area contributed by atoms with Crippen molar-refractivity contribution in [2.75, 3.05) is 5.43 Å². The first-order valence-corrected chi connectivity index (χ1v) is 6.38. The van der Waals surface area contributed by atoms with Crippen molar-refractivity contribution < 1.29 is 0 Å². The Morgan fingerprint density at radius 3 is 3.06 bits per heavy atom. The van der Waals surface area contributed by atoms with Crippen molar-refractivity contribution in [1.29, 1.82) is 0 Å². The number of nitrogens with two attached hydrogens (primary N) is 1. The number of hydrazine groups is 1. The highest BCUT2D eigenvalue weighted by Gasteiger charge is 2.28. The normalized spacial score (nSPS) is 14.7. The number of aromatic amines is 1. The van der Waals surface area contributed by atoms with Crippen LogP contribution in [0.25, 0.3) is 0 Å². The fourth-order valence-corrected chi connectivity index (χ4v) is 2.56. The number of nitrogen functional groups attached to an aromatic ring is 1. The molecule has 1 aliphatic rings. The first-order chi connectivity index (χ1) is 8.78. The van der Waals surface area contributed by atoms with E-state index in [1.165, 1.54) is 11.8 Å². The van der Waals surface area contributed by atoms with E-state index in [0.29, 0.717) is 11.0 Å². The summed E-state index contributed by atoms with van der Waals surface area (Å²) in [5, 5.41) is 7.89. The van der Waals surface area contributed by atoms with Crippen LogP contribution >= 0.6 is 11.8 Å². The third-order valence-electron chi connectivity index (χ3n) is 2.65. The number of hydrogen-bond acceptors (Lipinski definition) is 6. The smallest absolute Gasteiger partial charge is 0.308 e. The Hall–Kier alpha value is -1.80. The summed E-state index contributed by atoms with van der Waals surface area (Å²) in [4.78, 5) is 15.9. The van der Waals surface area contributed by atoms with E-state index >= 15 is 0 Å². The molecule has 1 saturated carbocycles. The Bertz CT molecular complexity index is 617. The minimum absolute atomic E-state index is 0.159. The second-order valence-electron chi connectivity index (χ2n) is 4.02. The van der Waals surface area contributed by atoms with Crippen LogP contribution in [0.1, 0.15) is 18.9 Å². The molecule has 0 spiro atoms. The Kier molecular flexibility index (Phi) is 2.80. The van der Waals surface area contributed by atoms with Crippen LogP contribution in [0, 0.1) is 0 Å². The predicted molar refractivity (Wildman–Crippen MR) is 67.3 cm³/mol. The zero-order valence-electron chi connectivity index (χ0n) is 9.46. The third-order valence-corrected chi connectivity index (χ3v) is 3.56. The number of H-pyrrole nitrogens is 1. The molecule has 7 nitrogen and oxygen atoms in total. The highest BCUT2D eigenvalue weighted by Crippen LogP contribution is 2.37. The maximum Gasteiger partial charge on any atom is 0.344 e. The molecular weight excluding hydrogens is 252 g/mol. The van der Waals surface area contributed by atoms with E-state index in [4.69, 9.17) is 5.84 Å². The monoisotopic (exact) mass is 264 g/mol. The van der Waals surface area contributed by atoms with Gasteiger partial charge in [-0.3, -0.25) is 4.57 Å². The van der Waals surface area contributed by atoms with Gasteiger partial charge in [0.2, 0.25) is 0 Å². The molecule has 4 N–H and O–H groups in total. The van der Waals surface area contributed by atoms with Gasteiger partial charge >= 0.3 is 5.69 Å². The van der Waals surface area contributed by atoms with Crippen molar-refractivity contribution in [2.45, 2.75) is 29.1 Å². The van der Waals surface area contributed by atoms with Gasteiger partial charge in [0.15, 0.2) is 5.16 Å². The topological polar surface area (TPSA) is 102 Å². The minimum Gasteiger partial charge on any atom is -0.308 e. The lowest BCUT2D eigenvalue weighted by Gasteiger charge is -2.04.